The van der Waals surface area contributed by atoms with Crippen molar-refractivity contribution in [1.82, 2.24) is 15.2 Å². The van der Waals surface area contributed by atoms with Gasteiger partial charge in [0.1, 0.15) is 17.8 Å². The summed E-state index contributed by atoms with van der Waals surface area (Å²) in [6, 6.07) is 4.49. The Morgan fingerprint density at radius 1 is 1.40 bits per heavy atom. The van der Waals surface area contributed by atoms with Crippen molar-refractivity contribution >= 4 is 29.2 Å². The molecular formula is C12H11Cl2N3O3. The van der Waals surface area contributed by atoms with Gasteiger partial charge >= 0.3 is 5.97 Å². The van der Waals surface area contributed by atoms with E-state index in [1.165, 1.54) is 24.5 Å². The van der Waals surface area contributed by atoms with Gasteiger partial charge in [0, 0.05) is 22.0 Å². The van der Waals surface area contributed by atoms with E-state index in [1.807, 2.05) is 0 Å². The van der Waals surface area contributed by atoms with E-state index >= 15 is 0 Å². The van der Waals surface area contributed by atoms with Gasteiger partial charge in [0.2, 0.25) is 0 Å². The van der Waals surface area contributed by atoms with Gasteiger partial charge < -0.3 is 10.2 Å². The number of aromatic nitrogens is 3. The number of nitrogens with zero attached hydrogens (tertiary/aromatic N) is 2. The minimum Gasteiger partial charge on any atom is -0.481 e. The lowest BCUT2D eigenvalue weighted by Gasteiger charge is -2.27. The van der Waals surface area contributed by atoms with Crippen LogP contribution in [0, 0.1) is 0 Å². The molecule has 1 heterocycles. The maximum Gasteiger partial charge on any atom is 0.306 e. The first-order valence-electron chi connectivity index (χ1n) is 5.65. The Hall–Kier alpha value is -1.63. The molecule has 0 bridgehead atoms. The van der Waals surface area contributed by atoms with Crippen LogP contribution >= 0.6 is 23.2 Å². The van der Waals surface area contributed by atoms with Crippen molar-refractivity contribution in [1.29, 1.82) is 0 Å². The molecule has 6 nitrogen and oxygen atoms in total. The first-order valence-corrected chi connectivity index (χ1v) is 6.40. The molecule has 20 heavy (non-hydrogen) atoms. The fraction of sp³-hybridized carbons (Fsp3) is 0.250. The Kier molecular flexibility index (Phi) is 4.27. The number of carboxylic acids is 1. The Morgan fingerprint density at radius 2 is 2.15 bits per heavy atom. The standard InChI is InChI=1S/C12H11Cl2N3O3/c13-7-1-2-8(9(14)3-7)12(20,5-11(18)19)4-10-15-6-16-17-10/h1-3,6,20H,4-5H2,(H,18,19)(H,15,16,17). The van der Waals surface area contributed by atoms with Crippen molar-refractivity contribution in [2.24, 2.45) is 0 Å². The Balaban J connectivity index is 2.42. The fourth-order valence-electron chi connectivity index (χ4n) is 1.96. The highest BCUT2D eigenvalue weighted by molar-refractivity contribution is 6.35. The molecule has 1 atom stereocenters. The van der Waals surface area contributed by atoms with Gasteiger partial charge in [-0.15, -0.1) is 0 Å². The van der Waals surface area contributed by atoms with Crippen LogP contribution in [0.15, 0.2) is 24.5 Å². The molecule has 0 amide bonds. The van der Waals surface area contributed by atoms with Crippen molar-refractivity contribution < 1.29 is 15.0 Å². The van der Waals surface area contributed by atoms with Crippen LogP contribution in [0.4, 0.5) is 0 Å². The molecule has 0 spiro atoms. The van der Waals surface area contributed by atoms with Gasteiger partial charge in [-0.3, -0.25) is 9.89 Å². The topological polar surface area (TPSA) is 99.1 Å². The molecular weight excluding hydrogens is 305 g/mol. The van der Waals surface area contributed by atoms with E-state index in [0.29, 0.717) is 10.8 Å². The number of nitrogens with one attached hydrogen (secondary N) is 1. The average molecular weight is 316 g/mol. The smallest absolute Gasteiger partial charge is 0.306 e. The number of aliphatic hydroxyl groups is 1. The summed E-state index contributed by atoms with van der Waals surface area (Å²) in [7, 11) is 0. The van der Waals surface area contributed by atoms with Crippen molar-refractivity contribution in [3.05, 3.63) is 46.0 Å². The molecule has 0 aliphatic carbocycles. The summed E-state index contributed by atoms with van der Waals surface area (Å²) in [6.07, 6.45) is 0.704. The summed E-state index contributed by atoms with van der Waals surface area (Å²) >= 11 is 11.9. The van der Waals surface area contributed by atoms with Crippen molar-refractivity contribution in [2.45, 2.75) is 18.4 Å². The maximum absolute atomic E-state index is 11.0. The van der Waals surface area contributed by atoms with Crippen LogP contribution in [-0.4, -0.2) is 31.4 Å². The largest absolute Gasteiger partial charge is 0.481 e. The number of hydrogen-bond acceptors (Lipinski definition) is 4. The highest BCUT2D eigenvalue weighted by Gasteiger charge is 2.35. The van der Waals surface area contributed by atoms with E-state index in [2.05, 4.69) is 15.2 Å². The van der Waals surface area contributed by atoms with E-state index in [0.717, 1.165) is 0 Å². The monoisotopic (exact) mass is 315 g/mol. The zero-order valence-electron chi connectivity index (χ0n) is 10.2. The number of hydrogen-bond donors (Lipinski definition) is 3. The van der Waals surface area contributed by atoms with Crippen molar-refractivity contribution in [2.75, 3.05) is 0 Å². The second-order valence-corrected chi connectivity index (χ2v) is 5.18. The average Bonchev–Trinajstić information content (AvgIpc) is 2.79. The van der Waals surface area contributed by atoms with E-state index < -0.39 is 18.0 Å². The molecule has 106 valence electrons. The van der Waals surface area contributed by atoms with Crippen LogP contribution in [0.5, 0.6) is 0 Å². The zero-order valence-corrected chi connectivity index (χ0v) is 11.7. The van der Waals surface area contributed by atoms with Crippen molar-refractivity contribution in [3.63, 3.8) is 0 Å². The summed E-state index contributed by atoms with van der Waals surface area (Å²) in [5.74, 6) is -0.794. The Bertz CT molecular complexity index is 618. The number of H-pyrrole nitrogens is 1. The molecule has 2 rings (SSSR count). The second kappa shape index (κ2) is 5.78. The van der Waals surface area contributed by atoms with Gasteiger partial charge in [-0.1, -0.05) is 29.3 Å². The minimum atomic E-state index is -1.70. The molecule has 1 aromatic heterocycles. The minimum absolute atomic E-state index is 0.0549. The number of halogens is 2. The lowest BCUT2D eigenvalue weighted by atomic mass is 9.87. The second-order valence-electron chi connectivity index (χ2n) is 4.34. The Labute approximate surface area is 124 Å². The summed E-state index contributed by atoms with van der Waals surface area (Å²) in [4.78, 5) is 14.9. The first-order chi connectivity index (χ1) is 9.40. The lowest BCUT2D eigenvalue weighted by Crippen LogP contribution is -2.32. The third kappa shape index (κ3) is 3.27. The molecule has 3 N–H and O–H groups in total. The highest BCUT2D eigenvalue weighted by atomic mass is 35.5. The SMILES string of the molecule is O=C(O)CC(O)(Cc1ncn[nH]1)c1ccc(Cl)cc1Cl. The lowest BCUT2D eigenvalue weighted by molar-refractivity contribution is -0.143. The number of benzene rings is 1. The van der Waals surface area contributed by atoms with Gasteiger partial charge in [-0.2, -0.15) is 5.10 Å². The number of carbonyl (C=O) groups is 1. The van der Waals surface area contributed by atoms with Crippen molar-refractivity contribution in [3.8, 4) is 0 Å². The van der Waals surface area contributed by atoms with Crippen LogP contribution in [0.1, 0.15) is 17.8 Å². The van der Waals surface area contributed by atoms with Crippen LogP contribution < -0.4 is 0 Å². The van der Waals surface area contributed by atoms with Crippen LogP contribution in [0.2, 0.25) is 10.0 Å². The first kappa shape index (κ1) is 14.8. The highest BCUT2D eigenvalue weighted by Crippen LogP contribution is 2.35. The number of carboxylic acid groups (broad SMARTS) is 1. The van der Waals surface area contributed by atoms with E-state index in [1.54, 1.807) is 0 Å². The molecule has 0 aliphatic heterocycles. The predicted octanol–water partition coefficient (Wildman–Crippen LogP) is 2.02. The third-order valence-electron chi connectivity index (χ3n) is 2.80. The molecule has 1 unspecified atom stereocenters. The molecule has 0 fully saturated rings. The number of rotatable bonds is 5. The molecule has 2 aromatic rings. The van der Waals surface area contributed by atoms with Gasteiger partial charge in [0.25, 0.3) is 0 Å². The number of aromatic amines is 1. The van der Waals surface area contributed by atoms with Crippen LogP contribution in [0.25, 0.3) is 0 Å². The molecule has 0 saturated carbocycles. The number of aliphatic carboxylic acids is 1. The van der Waals surface area contributed by atoms with Crippen LogP contribution in [-0.2, 0) is 16.8 Å². The zero-order chi connectivity index (χ0) is 14.8. The Morgan fingerprint density at radius 3 is 2.70 bits per heavy atom. The summed E-state index contributed by atoms with van der Waals surface area (Å²) < 4.78 is 0. The van der Waals surface area contributed by atoms with E-state index in [9.17, 15) is 9.90 Å². The molecule has 0 radical (unpaired) electrons. The molecule has 8 heteroatoms. The van der Waals surface area contributed by atoms with Gasteiger partial charge in [0.15, 0.2) is 0 Å². The third-order valence-corrected chi connectivity index (χ3v) is 3.35. The normalized spacial score (nSPS) is 13.9. The summed E-state index contributed by atoms with van der Waals surface area (Å²) in [5.41, 5.74) is -1.42. The molecule has 0 saturated heterocycles. The summed E-state index contributed by atoms with van der Waals surface area (Å²) in [6.45, 7) is 0. The van der Waals surface area contributed by atoms with Crippen LogP contribution in [0.3, 0.4) is 0 Å². The predicted molar refractivity (Wildman–Crippen MR) is 72.7 cm³/mol. The summed E-state index contributed by atoms with van der Waals surface area (Å²) in [5, 5.41) is 26.6. The molecule has 0 aliphatic rings. The maximum atomic E-state index is 11.0. The van der Waals surface area contributed by atoms with Gasteiger partial charge in [0.05, 0.1) is 6.42 Å². The fourth-order valence-corrected chi connectivity index (χ4v) is 2.55. The van der Waals surface area contributed by atoms with E-state index in [-0.39, 0.29) is 17.0 Å². The van der Waals surface area contributed by atoms with Gasteiger partial charge in [-0.25, -0.2) is 4.98 Å². The molecule has 1 aromatic carbocycles. The van der Waals surface area contributed by atoms with Gasteiger partial charge in [-0.05, 0) is 12.1 Å². The van der Waals surface area contributed by atoms with E-state index in [4.69, 9.17) is 28.3 Å². The quantitative estimate of drug-likeness (QED) is 0.784.